The summed E-state index contributed by atoms with van der Waals surface area (Å²) >= 11 is 12.1. The first-order valence-corrected chi connectivity index (χ1v) is 7.50. The summed E-state index contributed by atoms with van der Waals surface area (Å²) in [6.07, 6.45) is 1.55. The minimum Gasteiger partial charge on any atom is -0.306 e. The zero-order chi connectivity index (χ0) is 16.4. The van der Waals surface area contributed by atoms with Crippen molar-refractivity contribution in [3.8, 4) is 0 Å². The van der Waals surface area contributed by atoms with Gasteiger partial charge >= 0.3 is 5.69 Å². The van der Waals surface area contributed by atoms with Crippen molar-refractivity contribution in [1.29, 1.82) is 0 Å². The van der Waals surface area contributed by atoms with Gasteiger partial charge in [-0.15, -0.1) is 0 Å². The second kappa shape index (κ2) is 6.69. The second-order valence-electron chi connectivity index (χ2n) is 5.18. The molecular formula is C15H17Cl2N3O2. The predicted molar refractivity (Wildman–Crippen MR) is 88.6 cm³/mol. The van der Waals surface area contributed by atoms with Crippen LogP contribution < -0.4 is 16.6 Å². The van der Waals surface area contributed by atoms with Crippen LogP contribution in [0.15, 0.2) is 34.0 Å². The molecule has 118 valence electrons. The highest BCUT2D eigenvalue weighted by Gasteiger charge is 2.12. The van der Waals surface area contributed by atoms with E-state index in [4.69, 9.17) is 23.2 Å². The van der Waals surface area contributed by atoms with Gasteiger partial charge in [0.05, 0.1) is 0 Å². The van der Waals surface area contributed by atoms with E-state index < -0.39 is 0 Å². The number of benzene rings is 1. The monoisotopic (exact) mass is 341 g/mol. The molecule has 1 aromatic heterocycles. The summed E-state index contributed by atoms with van der Waals surface area (Å²) in [6.45, 7) is 2.28. The lowest BCUT2D eigenvalue weighted by molar-refractivity contribution is 0.559. The minimum absolute atomic E-state index is 0.0632. The van der Waals surface area contributed by atoms with E-state index in [0.717, 1.165) is 10.1 Å². The Morgan fingerprint density at radius 2 is 1.91 bits per heavy atom. The SMILES string of the molecule is CC(NCc1cn(C)c(=O)n(C)c1=O)c1ccc(Cl)cc1Cl. The van der Waals surface area contributed by atoms with Gasteiger partial charge in [0, 0.05) is 48.5 Å². The van der Waals surface area contributed by atoms with Crippen LogP contribution in [0, 0.1) is 0 Å². The molecule has 0 saturated heterocycles. The lowest BCUT2D eigenvalue weighted by atomic mass is 10.1. The number of nitrogens with zero attached hydrogens (tertiary/aromatic N) is 2. The Bertz CT molecular complexity index is 811. The van der Waals surface area contributed by atoms with Crippen molar-refractivity contribution in [3.05, 3.63) is 66.4 Å². The van der Waals surface area contributed by atoms with Crippen LogP contribution in [0.4, 0.5) is 0 Å². The fraction of sp³-hybridized carbons (Fsp3) is 0.333. The van der Waals surface area contributed by atoms with Crippen LogP contribution >= 0.6 is 23.2 Å². The Hall–Kier alpha value is -1.56. The molecule has 0 radical (unpaired) electrons. The average Bonchev–Trinajstić information content (AvgIpc) is 2.47. The Morgan fingerprint density at radius 3 is 2.55 bits per heavy atom. The molecule has 1 aromatic carbocycles. The number of hydrogen-bond donors (Lipinski definition) is 1. The van der Waals surface area contributed by atoms with E-state index in [1.165, 1.54) is 11.6 Å². The lowest BCUT2D eigenvalue weighted by Crippen LogP contribution is -2.39. The summed E-state index contributed by atoms with van der Waals surface area (Å²) in [5.41, 5.74) is 0.766. The van der Waals surface area contributed by atoms with Crippen molar-refractivity contribution in [1.82, 2.24) is 14.5 Å². The molecule has 1 unspecified atom stereocenters. The van der Waals surface area contributed by atoms with Crippen molar-refractivity contribution in [2.24, 2.45) is 14.1 Å². The van der Waals surface area contributed by atoms with E-state index in [-0.39, 0.29) is 17.3 Å². The highest BCUT2D eigenvalue weighted by Crippen LogP contribution is 2.26. The number of hydrogen-bond acceptors (Lipinski definition) is 3. The first kappa shape index (κ1) is 16.8. The predicted octanol–water partition coefficient (Wildman–Crippen LogP) is 2.24. The maximum Gasteiger partial charge on any atom is 0.330 e. The summed E-state index contributed by atoms with van der Waals surface area (Å²) < 4.78 is 2.48. The third kappa shape index (κ3) is 3.43. The van der Waals surface area contributed by atoms with Gasteiger partial charge in [-0.2, -0.15) is 0 Å². The van der Waals surface area contributed by atoms with Gasteiger partial charge in [0.15, 0.2) is 0 Å². The normalized spacial score (nSPS) is 12.4. The third-order valence-electron chi connectivity index (χ3n) is 3.55. The van der Waals surface area contributed by atoms with Gasteiger partial charge in [-0.25, -0.2) is 4.79 Å². The van der Waals surface area contributed by atoms with Crippen LogP contribution in [-0.2, 0) is 20.6 Å². The lowest BCUT2D eigenvalue weighted by Gasteiger charge is -2.16. The first-order chi connectivity index (χ1) is 10.3. The van der Waals surface area contributed by atoms with Crippen LogP contribution in [0.5, 0.6) is 0 Å². The molecule has 1 N–H and O–H groups in total. The molecule has 0 fully saturated rings. The Kier molecular flexibility index (Phi) is 5.11. The Morgan fingerprint density at radius 1 is 1.23 bits per heavy atom. The first-order valence-electron chi connectivity index (χ1n) is 6.75. The van der Waals surface area contributed by atoms with Crippen molar-refractivity contribution in [3.63, 3.8) is 0 Å². The fourth-order valence-corrected chi connectivity index (χ4v) is 2.80. The molecule has 1 heterocycles. The molecule has 0 bridgehead atoms. The van der Waals surface area contributed by atoms with Crippen molar-refractivity contribution < 1.29 is 0 Å². The fourth-order valence-electron chi connectivity index (χ4n) is 2.23. The molecule has 0 spiro atoms. The van der Waals surface area contributed by atoms with E-state index in [2.05, 4.69) is 5.32 Å². The zero-order valence-electron chi connectivity index (χ0n) is 12.6. The van der Waals surface area contributed by atoms with Gasteiger partial charge in [0.1, 0.15) is 0 Å². The van der Waals surface area contributed by atoms with E-state index >= 15 is 0 Å². The molecule has 0 amide bonds. The Labute approximate surface area is 138 Å². The quantitative estimate of drug-likeness (QED) is 0.927. The van der Waals surface area contributed by atoms with Crippen LogP contribution in [0.3, 0.4) is 0 Å². The minimum atomic E-state index is -0.345. The molecule has 0 aliphatic carbocycles. The van der Waals surface area contributed by atoms with Crippen molar-refractivity contribution in [2.45, 2.75) is 19.5 Å². The maximum absolute atomic E-state index is 12.1. The standard InChI is InChI=1S/C15H17Cl2N3O2/c1-9(12-5-4-11(16)6-13(12)17)18-7-10-8-19(2)15(22)20(3)14(10)21/h4-6,8-9,18H,7H2,1-3H3. The molecule has 5 nitrogen and oxygen atoms in total. The van der Waals surface area contributed by atoms with Gasteiger partial charge in [0.2, 0.25) is 0 Å². The summed E-state index contributed by atoms with van der Waals surface area (Å²) in [7, 11) is 3.08. The summed E-state index contributed by atoms with van der Waals surface area (Å²) in [5, 5.41) is 4.38. The smallest absolute Gasteiger partial charge is 0.306 e. The molecule has 0 aliphatic heterocycles. The van der Waals surface area contributed by atoms with Gasteiger partial charge in [-0.3, -0.25) is 9.36 Å². The van der Waals surface area contributed by atoms with Crippen LogP contribution in [0.2, 0.25) is 10.0 Å². The molecule has 1 atom stereocenters. The van der Waals surface area contributed by atoms with Crippen molar-refractivity contribution >= 4 is 23.2 Å². The number of halogens is 2. The van der Waals surface area contributed by atoms with E-state index in [1.54, 1.807) is 25.4 Å². The molecule has 22 heavy (non-hydrogen) atoms. The molecule has 0 aliphatic rings. The number of aromatic nitrogens is 2. The van der Waals surface area contributed by atoms with Crippen LogP contribution in [0.25, 0.3) is 0 Å². The average molecular weight is 342 g/mol. The van der Waals surface area contributed by atoms with Crippen molar-refractivity contribution in [2.75, 3.05) is 0 Å². The number of aryl methyl sites for hydroxylation is 1. The number of nitrogens with one attached hydrogen (secondary N) is 1. The highest BCUT2D eigenvalue weighted by atomic mass is 35.5. The molecule has 7 heteroatoms. The topological polar surface area (TPSA) is 56.0 Å². The van der Waals surface area contributed by atoms with Gasteiger partial charge < -0.3 is 9.88 Å². The van der Waals surface area contributed by atoms with E-state index in [1.807, 2.05) is 13.0 Å². The van der Waals surface area contributed by atoms with Gasteiger partial charge in [0.25, 0.3) is 5.56 Å². The van der Waals surface area contributed by atoms with Gasteiger partial charge in [-0.05, 0) is 24.6 Å². The van der Waals surface area contributed by atoms with Crippen LogP contribution in [-0.4, -0.2) is 9.13 Å². The summed E-state index contributed by atoms with van der Waals surface area (Å²) in [5.74, 6) is 0. The van der Waals surface area contributed by atoms with E-state index in [9.17, 15) is 9.59 Å². The Balaban J connectivity index is 2.20. The molecule has 2 rings (SSSR count). The summed E-state index contributed by atoms with van der Waals surface area (Å²) in [6, 6.07) is 5.24. The molecule has 0 saturated carbocycles. The summed E-state index contributed by atoms with van der Waals surface area (Å²) in [4.78, 5) is 23.7. The second-order valence-corrected chi connectivity index (χ2v) is 6.02. The maximum atomic E-state index is 12.1. The highest BCUT2D eigenvalue weighted by molar-refractivity contribution is 6.35. The largest absolute Gasteiger partial charge is 0.330 e. The van der Waals surface area contributed by atoms with Gasteiger partial charge in [-0.1, -0.05) is 29.3 Å². The van der Waals surface area contributed by atoms with Crippen LogP contribution in [0.1, 0.15) is 24.1 Å². The van der Waals surface area contributed by atoms with E-state index in [0.29, 0.717) is 22.2 Å². The molecular weight excluding hydrogens is 325 g/mol. The third-order valence-corrected chi connectivity index (χ3v) is 4.11. The number of rotatable bonds is 4. The zero-order valence-corrected chi connectivity index (χ0v) is 14.1. The molecule has 2 aromatic rings.